The lowest BCUT2D eigenvalue weighted by Crippen LogP contribution is -2.18. The molecule has 0 fully saturated rings. The molecule has 0 bridgehead atoms. The van der Waals surface area contributed by atoms with Crippen molar-refractivity contribution >= 4 is 11.9 Å². The van der Waals surface area contributed by atoms with Gasteiger partial charge >= 0.3 is 11.9 Å². The lowest BCUT2D eigenvalue weighted by atomic mass is 10.0. The Bertz CT molecular complexity index is 496. The van der Waals surface area contributed by atoms with E-state index in [1.54, 1.807) is 0 Å². The van der Waals surface area contributed by atoms with Crippen molar-refractivity contribution in [2.75, 3.05) is 0 Å². The van der Waals surface area contributed by atoms with Crippen LogP contribution in [0, 0.1) is 0 Å². The Labute approximate surface area is 235 Å². The first-order chi connectivity index (χ1) is 18.3. The molecule has 6 nitrogen and oxygen atoms in total. The van der Waals surface area contributed by atoms with Gasteiger partial charge in [-0.05, 0) is 12.8 Å². The van der Waals surface area contributed by atoms with E-state index >= 15 is 0 Å². The predicted molar refractivity (Wildman–Crippen MR) is 159 cm³/mol. The Morgan fingerprint density at radius 1 is 0.474 bits per heavy atom. The summed E-state index contributed by atoms with van der Waals surface area (Å²) >= 11 is 0. The average molecular weight is 545 g/mol. The SMILES string of the molecule is CCCCCCCCCCCCCC(O)CC(=O)O.CCCCCCCCCCCCCCC(O)C(=O)O. The minimum absolute atomic E-state index is 0.113. The molecule has 0 aliphatic carbocycles. The maximum Gasteiger partial charge on any atom is 0.332 e. The number of rotatable bonds is 28. The van der Waals surface area contributed by atoms with Crippen molar-refractivity contribution in [1.82, 2.24) is 0 Å². The zero-order valence-electron chi connectivity index (χ0n) is 25.1. The second kappa shape index (κ2) is 32.1. The van der Waals surface area contributed by atoms with Crippen LogP contribution in [0.3, 0.4) is 0 Å². The molecule has 0 rings (SSSR count). The average Bonchev–Trinajstić information content (AvgIpc) is 2.87. The number of carbonyl (C=O) groups is 2. The quantitative estimate of drug-likeness (QED) is 0.0730. The van der Waals surface area contributed by atoms with E-state index in [0.29, 0.717) is 12.8 Å². The molecule has 0 saturated heterocycles. The lowest BCUT2D eigenvalue weighted by molar-refractivity contribution is -0.147. The molecule has 0 amide bonds. The number of aliphatic hydroxyl groups excluding tert-OH is 2. The molecule has 2 unspecified atom stereocenters. The van der Waals surface area contributed by atoms with Gasteiger partial charge in [-0.25, -0.2) is 4.79 Å². The summed E-state index contributed by atoms with van der Waals surface area (Å²) in [7, 11) is 0. The summed E-state index contributed by atoms with van der Waals surface area (Å²) in [5.74, 6) is -2.00. The van der Waals surface area contributed by atoms with Crippen molar-refractivity contribution in [2.24, 2.45) is 0 Å². The molecular weight excluding hydrogens is 480 g/mol. The van der Waals surface area contributed by atoms with Crippen molar-refractivity contribution in [3.63, 3.8) is 0 Å². The standard InChI is InChI=1S/2C16H32O3/c1-2-3-4-5-6-7-8-9-10-11-12-13-15(17)14-16(18)19;1-2-3-4-5-6-7-8-9-10-11-12-13-14-15(17)16(18)19/h2*15,17H,2-14H2,1H3,(H,18,19). The molecular formula is C32H64O6. The van der Waals surface area contributed by atoms with Crippen molar-refractivity contribution in [3.8, 4) is 0 Å². The van der Waals surface area contributed by atoms with E-state index in [0.717, 1.165) is 25.7 Å². The first-order valence-electron chi connectivity index (χ1n) is 16.2. The summed E-state index contributed by atoms with van der Waals surface area (Å²) in [5, 5.41) is 35.5. The maximum absolute atomic E-state index is 10.4. The molecule has 6 heteroatoms. The van der Waals surface area contributed by atoms with Gasteiger partial charge in [0.15, 0.2) is 6.10 Å². The van der Waals surface area contributed by atoms with Crippen LogP contribution in [0.1, 0.15) is 181 Å². The molecule has 0 aromatic rings. The summed E-state index contributed by atoms with van der Waals surface area (Å²) < 4.78 is 0. The Balaban J connectivity index is 0. The minimum atomic E-state index is -1.16. The summed E-state index contributed by atoms with van der Waals surface area (Å²) in [6.07, 6.45) is 28.3. The van der Waals surface area contributed by atoms with Crippen molar-refractivity contribution in [3.05, 3.63) is 0 Å². The normalized spacial score (nSPS) is 12.5. The number of carboxylic acid groups (broad SMARTS) is 2. The van der Waals surface area contributed by atoms with Gasteiger partial charge in [-0.15, -0.1) is 0 Å². The summed E-state index contributed by atoms with van der Waals surface area (Å²) in [6.45, 7) is 4.49. The molecule has 228 valence electrons. The van der Waals surface area contributed by atoms with Gasteiger partial charge < -0.3 is 20.4 Å². The van der Waals surface area contributed by atoms with Gasteiger partial charge in [-0.3, -0.25) is 4.79 Å². The number of aliphatic carboxylic acids is 2. The Morgan fingerprint density at radius 2 is 0.763 bits per heavy atom. The van der Waals surface area contributed by atoms with E-state index in [4.69, 9.17) is 15.3 Å². The fourth-order valence-electron chi connectivity index (χ4n) is 4.65. The summed E-state index contributed by atoms with van der Waals surface area (Å²) in [5.41, 5.74) is 0. The smallest absolute Gasteiger partial charge is 0.332 e. The van der Waals surface area contributed by atoms with Crippen LogP contribution in [0.4, 0.5) is 0 Å². The van der Waals surface area contributed by atoms with Crippen LogP contribution in [-0.2, 0) is 9.59 Å². The Kier molecular flexibility index (Phi) is 32.9. The Hall–Kier alpha value is -1.14. The third kappa shape index (κ3) is 34.9. The van der Waals surface area contributed by atoms with Gasteiger partial charge in [0, 0.05) is 0 Å². The van der Waals surface area contributed by atoms with E-state index in [1.165, 1.54) is 122 Å². The molecule has 4 N–H and O–H groups in total. The summed E-state index contributed by atoms with van der Waals surface area (Å²) in [4.78, 5) is 20.7. The predicted octanol–water partition coefficient (Wildman–Crippen LogP) is 9.05. The first kappa shape index (κ1) is 39.0. The second-order valence-electron chi connectivity index (χ2n) is 11.1. The van der Waals surface area contributed by atoms with E-state index in [-0.39, 0.29) is 6.42 Å². The molecule has 0 aromatic carbocycles. The number of hydrogen-bond acceptors (Lipinski definition) is 4. The highest BCUT2D eigenvalue weighted by Crippen LogP contribution is 2.14. The van der Waals surface area contributed by atoms with Crippen LogP contribution in [0.15, 0.2) is 0 Å². The van der Waals surface area contributed by atoms with Gasteiger partial charge in [0.25, 0.3) is 0 Å². The fourth-order valence-corrected chi connectivity index (χ4v) is 4.65. The number of aliphatic hydroxyl groups is 2. The highest BCUT2D eigenvalue weighted by molar-refractivity contribution is 5.71. The molecule has 0 aliphatic rings. The second-order valence-corrected chi connectivity index (χ2v) is 11.1. The van der Waals surface area contributed by atoms with Gasteiger partial charge in [0.05, 0.1) is 12.5 Å². The number of unbranched alkanes of at least 4 members (excludes halogenated alkanes) is 21. The summed E-state index contributed by atoms with van der Waals surface area (Å²) in [6, 6.07) is 0. The molecule has 38 heavy (non-hydrogen) atoms. The number of hydrogen-bond donors (Lipinski definition) is 4. The highest BCUT2D eigenvalue weighted by atomic mass is 16.4. The monoisotopic (exact) mass is 544 g/mol. The van der Waals surface area contributed by atoms with E-state index in [9.17, 15) is 14.7 Å². The van der Waals surface area contributed by atoms with Gasteiger partial charge in [0.2, 0.25) is 0 Å². The third-order valence-corrected chi connectivity index (χ3v) is 7.17. The lowest BCUT2D eigenvalue weighted by Gasteiger charge is -2.07. The van der Waals surface area contributed by atoms with Gasteiger partial charge in [0.1, 0.15) is 0 Å². The van der Waals surface area contributed by atoms with Crippen LogP contribution in [0.5, 0.6) is 0 Å². The van der Waals surface area contributed by atoms with Crippen LogP contribution in [0.25, 0.3) is 0 Å². The molecule has 0 spiro atoms. The van der Waals surface area contributed by atoms with Crippen LogP contribution >= 0.6 is 0 Å². The van der Waals surface area contributed by atoms with E-state index < -0.39 is 24.1 Å². The highest BCUT2D eigenvalue weighted by Gasteiger charge is 2.11. The molecule has 0 radical (unpaired) electrons. The van der Waals surface area contributed by atoms with Gasteiger partial charge in [-0.2, -0.15) is 0 Å². The zero-order valence-corrected chi connectivity index (χ0v) is 25.1. The topological polar surface area (TPSA) is 115 Å². The minimum Gasteiger partial charge on any atom is -0.481 e. The van der Waals surface area contributed by atoms with Crippen molar-refractivity contribution in [1.29, 1.82) is 0 Å². The molecule has 0 saturated carbocycles. The molecule has 2 atom stereocenters. The molecule has 0 aliphatic heterocycles. The first-order valence-corrected chi connectivity index (χ1v) is 16.2. The van der Waals surface area contributed by atoms with E-state index in [2.05, 4.69) is 13.8 Å². The van der Waals surface area contributed by atoms with Gasteiger partial charge in [-0.1, -0.05) is 162 Å². The molecule has 0 aromatic heterocycles. The zero-order chi connectivity index (χ0) is 28.7. The Morgan fingerprint density at radius 3 is 1.05 bits per heavy atom. The van der Waals surface area contributed by atoms with Crippen LogP contribution in [0.2, 0.25) is 0 Å². The number of carboxylic acids is 2. The van der Waals surface area contributed by atoms with Crippen molar-refractivity contribution < 1.29 is 30.0 Å². The van der Waals surface area contributed by atoms with Crippen molar-refractivity contribution in [2.45, 2.75) is 193 Å². The largest absolute Gasteiger partial charge is 0.481 e. The van der Waals surface area contributed by atoms with E-state index in [1.807, 2.05) is 0 Å². The molecule has 0 heterocycles. The van der Waals surface area contributed by atoms with Crippen LogP contribution in [-0.4, -0.2) is 44.6 Å². The maximum atomic E-state index is 10.4. The van der Waals surface area contributed by atoms with Crippen LogP contribution < -0.4 is 0 Å². The fraction of sp³-hybridized carbons (Fsp3) is 0.938. The third-order valence-electron chi connectivity index (χ3n) is 7.17.